The Morgan fingerprint density at radius 3 is 3.21 bits per heavy atom. The average Bonchev–Trinajstić information content (AvgIpc) is 3.03. The number of hydrogen-bond acceptors (Lipinski definition) is 6. The number of hydrogen-bond donors (Lipinski definition) is 3. The highest BCUT2D eigenvalue weighted by Gasteiger charge is 2.24. The van der Waals surface area contributed by atoms with E-state index in [-0.39, 0.29) is 23.9 Å². The van der Waals surface area contributed by atoms with Crippen molar-refractivity contribution in [1.82, 2.24) is 20.8 Å². The number of nitrogens with zero attached hydrogens (tertiary/aromatic N) is 2. The summed E-state index contributed by atoms with van der Waals surface area (Å²) in [6, 6.07) is 0.0734. The summed E-state index contributed by atoms with van der Waals surface area (Å²) in [5, 5.41) is 18.7. The number of nitrogens with one attached hydrogen (secondary N) is 2. The second-order valence-corrected chi connectivity index (χ2v) is 4.85. The van der Waals surface area contributed by atoms with Gasteiger partial charge in [-0.15, -0.1) is 0 Å². The summed E-state index contributed by atoms with van der Waals surface area (Å²) in [5.74, 6) is 0.214. The molecule has 0 radical (unpaired) electrons. The lowest BCUT2D eigenvalue weighted by molar-refractivity contribution is 0.0936. The van der Waals surface area contributed by atoms with Crippen LogP contribution < -0.4 is 10.6 Å². The minimum Gasteiger partial charge on any atom is -0.393 e. The van der Waals surface area contributed by atoms with Crippen LogP contribution in [-0.2, 0) is 0 Å². The molecule has 0 aliphatic carbocycles. The second-order valence-electron chi connectivity index (χ2n) is 4.85. The Labute approximate surface area is 111 Å². The molecule has 2 unspecified atom stereocenters. The molecular weight excluding hydrogens is 248 g/mol. The minimum atomic E-state index is -0.345. The quantitative estimate of drug-likeness (QED) is 0.645. The summed E-state index contributed by atoms with van der Waals surface area (Å²) >= 11 is 0. The van der Waals surface area contributed by atoms with Gasteiger partial charge in [0.1, 0.15) is 0 Å². The molecule has 1 aliphatic heterocycles. The van der Waals surface area contributed by atoms with Crippen LogP contribution in [0.3, 0.4) is 0 Å². The molecule has 19 heavy (non-hydrogen) atoms. The normalized spacial score (nSPS) is 20.4. The minimum absolute atomic E-state index is 0.0701. The molecule has 3 N–H and O–H groups in total. The molecule has 2 atom stereocenters. The predicted octanol–water partition coefficient (Wildman–Crippen LogP) is 0.385. The van der Waals surface area contributed by atoms with Crippen LogP contribution in [-0.4, -0.2) is 40.3 Å². The van der Waals surface area contributed by atoms with Crippen LogP contribution >= 0.6 is 0 Å². The summed E-state index contributed by atoms with van der Waals surface area (Å²) in [7, 11) is 0. The number of aliphatic hydroxyl groups is 1. The predicted molar refractivity (Wildman–Crippen MR) is 67.5 cm³/mol. The van der Waals surface area contributed by atoms with E-state index in [1.165, 1.54) is 0 Å². The third kappa shape index (κ3) is 4.00. The van der Waals surface area contributed by atoms with Gasteiger partial charge in [-0.1, -0.05) is 5.16 Å². The summed E-state index contributed by atoms with van der Waals surface area (Å²) < 4.78 is 5.09. The molecule has 1 aromatic heterocycles. The van der Waals surface area contributed by atoms with Crippen molar-refractivity contribution in [2.45, 2.75) is 44.8 Å². The topological polar surface area (TPSA) is 100 Å². The Morgan fingerprint density at radius 2 is 2.53 bits per heavy atom. The SMILES string of the molecule is CC(O)CCCNC(=O)c1noc(C2CCCN2)n1. The van der Waals surface area contributed by atoms with Gasteiger partial charge in [0.25, 0.3) is 11.7 Å². The number of carbonyl (C=O) groups is 1. The molecule has 7 heteroatoms. The fourth-order valence-corrected chi connectivity index (χ4v) is 2.04. The van der Waals surface area contributed by atoms with Gasteiger partial charge < -0.3 is 20.3 Å². The standard InChI is InChI=1S/C12H20N4O3/c1-8(17)4-2-7-14-11(18)10-15-12(19-16-10)9-5-3-6-13-9/h8-9,13,17H,2-7H2,1H3,(H,14,18). The third-order valence-electron chi connectivity index (χ3n) is 3.09. The van der Waals surface area contributed by atoms with Gasteiger partial charge in [0, 0.05) is 6.54 Å². The lowest BCUT2D eigenvalue weighted by Crippen LogP contribution is -2.26. The Kier molecular flexibility index (Phi) is 4.86. The maximum atomic E-state index is 11.7. The van der Waals surface area contributed by atoms with Crippen LogP contribution in [0.2, 0.25) is 0 Å². The Bertz CT molecular complexity index is 413. The van der Waals surface area contributed by atoms with Crippen LogP contribution in [0.1, 0.15) is 55.2 Å². The van der Waals surface area contributed by atoms with Crippen LogP contribution in [0.5, 0.6) is 0 Å². The summed E-state index contributed by atoms with van der Waals surface area (Å²) in [6.45, 7) is 3.16. The largest absolute Gasteiger partial charge is 0.393 e. The zero-order valence-corrected chi connectivity index (χ0v) is 11.1. The van der Waals surface area contributed by atoms with Gasteiger partial charge in [0.15, 0.2) is 0 Å². The van der Waals surface area contributed by atoms with Crippen molar-refractivity contribution >= 4 is 5.91 Å². The van der Waals surface area contributed by atoms with E-state index in [1.807, 2.05) is 0 Å². The van der Waals surface area contributed by atoms with Crippen molar-refractivity contribution in [3.05, 3.63) is 11.7 Å². The first-order valence-electron chi connectivity index (χ1n) is 6.70. The number of carbonyl (C=O) groups excluding carboxylic acids is 1. The molecule has 1 fully saturated rings. The van der Waals surface area contributed by atoms with E-state index < -0.39 is 0 Å². The molecule has 2 heterocycles. The fraction of sp³-hybridized carbons (Fsp3) is 0.750. The molecule has 1 amide bonds. The Hall–Kier alpha value is -1.47. The molecular formula is C12H20N4O3. The van der Waals surface area contributed by atoms with Gasteiger partial charge in [-0.2, -0.15) is 4.98 Å². The first-order chi connectivity index (χ1) is 9.16. The molecule has 1 aliphatic rings. The van der Waals surface area contributed by atoms with Gasteiger partial charge in [0.05, 0.1) is 12.1 Å². The number of amides is 1. The van der Waals surface area contributed by atoms with Crippen LogP contribution in [0.25, 0.3) is 0 Å². The van der Waals surface area contributed by atoms with Gasteiger partial charge in [-0.3, -0.25) is 4.79 Å². The second kappa shape index (κ2) is 6.63. The van der Waals surface area contributed by atoms with Crippen molar-refractivity contribution < 1.29 is 14.4 Å². The highest BCUT2D eigenvalue weighted by Crippen LogP contribution is 2.20. The zero-order valence-electron chi connectivity index (χ0n) is 11.1. The van der Waals surface area contributed by atoms with E-state index >= 15 is 0 Å². The molecule has 106 valence electrons. The maximum absolute atomic E-state index is 11.7. The average molecular weight is 268 g/mol. The van der Waals surface area contributed by atoms with E-state index in [9.17, 15) is 4.79 Å². The Morgan fingerprint density at radius 1 is 1.68 bits per heavy atom. The fourth-order valence-electron chi connectivity index (χ4n) is 2.04. The van der Waals surface area contributed by atoms with Crippen LogP contribution in [0, 0.1) is 0 Å². The lowest BCUT2D eigenvalue weighted by atomic mass is 10.2. The molecule has 0 bridgehead atoms. The molecule has 0 saturated carbocycles. The van der Waals surface area contributed by atoms with Crippen molar-refractivity contribution in [2.75, 3.05) is 13.1 Å². The van der Waals surface area contributed by atoms with Crippen LogP contribution in [0.15, 0.2) is 4.52 Å². The molecule has 1 saturated heterocycles. The third-order valence-corrected chi connectivity index (χ3v) is 3.09. The van der Waals surface area contributed by atoms with Crippen molar-refractivity contribution in [3.8, 4) is 0 Å². The van der Waals surface area contributed by atoms with Gasteiger partial charge in [-0.25, -0.2) is 0 Å². The first-order valence-corrected chi connectivity index (χ1v) is 6.70. The molecule has 1 aromatic rings. The van der Waals surface area contributed by atoms with Crippen molar-refractivity contribution in [2.24, 2.45) is 0 Å². The summed E-state index contributed by atoms with van der Waals surface area (Å²) in [6.07, 6.45) is 3.07. The van der Waals surface area contributed by atoms with Crippen molar-refractivity contribution in [3.63, 3.8) is 0 Å². The van der Waals surface area contributed by atoms with Gasteiger partial charge in [-0.05, 0) is 39.2 Å². The number of aliphatic hydroxyl groups excluding tert-OH is 1. The smallest absolute Gasteiger partial charge is 0.292 e. The highest BCUT2D eigenvalue weighted by molar-refractivity contribution is 5.90. The Balaban J connectivity index is 1.79. The summed E-state index contributed by atoms with van der Waals surface area (Å²) in [5.41, 5.74) is 0. The van der Waals surface area contributed by atoms with Crippen molar-refractivity contribution in [1.29, 1.82) is 0 Å². The molecule has 0 spiro atoms. The lowest BCUT2D eigenvalue weighted by Gasteiger charge is -2.04. The molecule has 2 rings (SSSR count). The first kappa shape index (κ1) is 14.0. The van der Waals surface area contributed by atoms with E-state index in [0.29, 0.717) is 18.9 Å². The van der Waals surface area contributed by atoms with Gasteiger partial charge in [0.2, 0.25) is 5.89 Å². The van der Waals surface area contributed by atoms with E-state index in [4.69, 9.17) is 9.63 Å². The van der Waals surface area contributed by atoms with E-state index in [2.05, 4.69) is 20.8 Å². The monoisotopic (exact) mass is 268 g/mol. The van der Waals surface area contributed by atoms with E-state index in [1.54, 1.807) is 6.92 Å². The van der Waals surface area contributed by atoms with Gasteiger partial charge >= 0.3 is 0 Å². The molecule has 7 nitrogen and oxygen atoms in total. The summed E-state index contributed by atoms with van der Waals surface area (Å²) in [4.78, 5) is 15.8. The molecule has 0 aromatic carbocycles. The van der Waals surface area contributed by atoms with E-state index in [0.717, 1.165) is 25.8 Å². The number of aromatic nitrogens is 2. The zero-order chi connectivity index (χ0) is 13.7. The number of rotatable bonds is 6. The maximum Gasteiger partial charge on any atom is 0.292 e. The van der Waals surface area contributed by atoms with Crippen LogP contribution in [0.4, 0.5) is 0 Å². The highest BCUT2D eigenvalue weighted by atomic mass is 16.5.